The fourth-order valence-corrected chi connectivity index (χ4v) is 2.70. The fourth-order valence-electron chi connectivity index (χ4n) is 2.70. The zero-order valence-electron chi connectivity index (χ0n) is 12.4. The van der Waals surface area contributed by atoms with Gasteiger partial charge in [-0.2, -0.15) is 0 Å². The van der Waals surface area contributed by atoms with Gasteiger partial charge in [-0.25, -0.2) is 0 Å². The predicted octanol–water partition coefficient (Wildman–Crippen LogP) is 2.51. The number of ether oxygens (including phenoxy) is 1. The van der Waals surface area contributed by atoms with Gasteiger partial charge >= 0.3 is 0 Å². The lowest BCUT2D eigenvalue weighted by Gasteiger charge is -2.24. The molecule has 0 aromatic heterocycles. The van der Waals surface area contributed by atoms with Crippen molar-refractivity contribution in [3.63, 3.8) is 0 Å². The maximum Gasteiger partial charge on any atom is 0.0593 e. The van der Waals surface area contributed by atoms with Crippen molar-refractivity contribution in [3.05, 3.63) is 0 Å². The first-order valence-corrected chi connectivity index (χ1v) is 7.87. The Morgan fingerprint density at radius 2 is 1.89 bits per heavy atom. The van der Waals surface area contributed by atoms with Crippen LogP contribution in [0, 0.1) is 5.92 Å². The van der Waals surface area contributed by atoms with Crippen LogP contribution in [0.4, 0.5) is 0 Å². The molecule has 1 fully saturated rings. The van der Waals surface area contributed by atoms with Crippen LogP contribution in [0.1, 0.15) is 46.0 Å². The Hall–Kier alpha value is -0.120. The first kappa shape index (κ1) is 15.9. The van der Waals surface area contributed by atoms with Crippen LogP contribution in [-0.2, 0) is 4.74 Å². The van der Waals surface area contributed by atoms with Crippen molar-refractivity contribution in [2.24, 2.45) is 5.92 Å². The van der Waals surface area contributed by atoms with Gasteiger partial charge in [-0.3, -0.25) is 0 Å². The van der Waals surface area contributed by atoms with Crippen LogP contribution < -0.4 is 5.32 Å². The second kappa shape index (κ2) is 10.8. The Kier molecular flexibility index (Phi) is 9.54. The largest absolute Gasteiger partial charge is 0.380 e. The molecule has 0 heterocycles. The number of likely N-dealkylation sites (N-methyl/N-ethyl adjacent to an activating group) is 1. The maximum absolute atomic E-state index is 5.41. The summed E-state index contributed by atoms with van der Waals surface area (Å²) in [6.07, 6.45) is 7.23. The molecule has 0 atom stereocenters. The van der Waals surface area contributed by atoms with E-state index in [9.17, 15) is 0 Å². The third-order valence-corrected chi connectivity index (χ3v) is 3.97. The second-order valence-corrected chi connectivity index (χ2v) is 5.34. The van der Waals surface area contributed by atoms with E-state index in [2.05, 4.69) is 24.1 Å². The van der Waals surface area contributed by atoms with Gasteiger partial charge in [0.2, 0.25) is 0 Å². The number of hydrogen-bond acceptors (Lipinski definition) is 3. The summed E-state index contributed by atoms with van der Waals surface area (Å²) in [5.74, 6) is 0.942. The van der Waals surface area contributed by atoms with Crippen LogP contribution in [0.5, 0.6) is 0 Å². The van der Waals surface area contributed by atoms with E-state index in [0.29, 0.717) is 0 Å². The van der Waals surface area contributed by atoms with Gasteiger partial charge in [0, 0.05) is 26.2 Å². The molecule has 1 aliphatic carbocycles. The lowest BCUT2D eigenvalue weighted by molar-refractivity contribution is 0.115. The molecule has 0 radical (unpaired) electrons. The molecule has 3 nitrogen and oxygen atoms in total. The van der Waals surface area contributed by atoms with Gasteiger partial charge in [-0.15, -0.1) is 0 Å². The van der Waals surface area contributed by atoms with Crippen molar-refractivity contribution < 1.29 is 4.74 Å². The molecule has 0 spiro atoms. The lowest BCUT2D eigenvalue weighted by atomic mass is 9.89. The van der Waals surface area contributed by atoms with E-state index in [4.69, 9.17) is 4.74 Å². The summed E-state index contributed by atoms with van der Waals surface area (Å²) < 4.78 is 5.41. The van der Waals surface area contributed by atoms with Gasteiger partial charge in [0.25, 0.3) is 0 Å². The van der Waals surface area contributed by atoms with Gasteiger partial charge in [0.15, 0.2) is 0 Å². The average molecular weight is 256 g/mol. The van der Waals surface area contributed by atoms with E-state index in [-0.39, 0.29) is 0 Å². The minimum Gasteiger partial charge on any atom is -0.380 e. The Labute approximate surface area is 113 Å². The molecule has 0 aliphatic heterocycles. The summed E-state index contributed by atoms with van der Waals surface area (Å²) in [5.41, 5.74) is 0. The van der Waals surface area contributed by atoms with Gasteiger partial charge in [0.05, 0.1) is 6.61 Å². The summed E-state index contributed by atoms with van der Waals surface area (Å²) >= 11 is 0. The molecular weight excluding hydrogens is 224 g/mol. The van der Waals surface area contributed by atoms with Gasteiger partial charge in [-0.05, 0) is 38.8 Å². The highest BCUT2D eigenvalue weighted by Gasteiger charge is 2.12. The van der Waals surface area contributed by atoms with Gasteiger partial charge in [0.1, 0.15) is 0 Å². The highest BCUT2D eigenvalue weighted by atomic mass is 16.5. The highest BCUT2D eigenvalue weighted by molar-refractivity contribution is 4.68. The molecule has 1 rings (SSSR count). The van der Waals surface area contributed by atoms with Gasteiger partial charge in [-0.1, -0.05) is 26.2 Å². The van der Waals surface area contributed by atoms with E-state index in [1.54, 1.807) is 0 Å². The molecular formula is C15H32N2O. The fraction of sp³-hybridized carbons (Fsp3) is 1.00. The molecule has 1 aliphatic rings. The molecule has 0 aromatic rings. The molecule has 1 N–H and O–H groups in total. The van der Waals surface area contributed by atoms with E-state index in [1.165, 1.54) is 38.6 Å². The van der Waals surface area contributed by atoms with E-state index >= 15 is 0 Å². The van der Waals surface area contributed by atoms with Crippen molar-refractivity contribution in [2.75, 3.05) is 45.9 Å². The van der Waals surface area contributed by atoms with Crippen molar-refractivity contribution >= 4 is 0 Å². The van der Waals surface area contributed by atoms with Crippen LogP contribution in [0.15, 0.2) is 0 Å². The smallest absolute Gasteiger partial charge is 0.0593 e. The third kappa shape index (κ3) is 7.34. The van der Waals surface area contributed by atoms with E-state index in [1.807, 2.05) is 0 Å². The molecule has 0 amide bonds. The minimum absolute atomic E-state index is 0.831. The van der Waals surface area contributed by atoms with Crippen LogP contribution in [-0.4, -0.2) is 50.8 Å². The quantitative estimate of drug-likeness (QED) is 0.608. The van der Waals surface area contributed by atoms with Crippen LogP contribution in [0.25, 0.3) is 0 Å². The number of nitrogens with zero attached hydrogens (tertiary/aromatic N) is 1. The summed E-state index contributed by atoms with van der Waals surface area (Å²) in [5, 5.41) is 3.63. The van der Waals surface area contributed by atoms with Crippen molar-refractivity contribution in [2.45, 2.75) is 46.0 Å². The Balaban J connectivity index is 1.96. The molecule has 108 valence electrons. The normalized spacial score (nSPS) is 17.5. The standard InChI is InChI=1S/C15H32N2O/c1-3-17(12-13-18-4-2)11-10-16-14-15-8-6-5-7-9-15/h15-16H,3-14H2,1-2H3. The Morgan fingerprint density at radius 1 is 1.11 bits per heavy atom. The first-order chi connectivity index (χ1) is 8.86. The Bertz CT molecular complexity index is 181. The van der Waals surface area contributed by atoms with Crippen LogP contribution in [0.2, 0.25) is 0 Å². The molecule has 0 aromatic carbocycles. The zero-order chi connectivity index (χ0) is 13.1. The molecule has 1 saturated carbocycles. The predicted molar refractivity (Wildman–Crippen MR) is 78.1 cm³/mol. The monoisotopic (exact) mass is 256 g/mol. The van der Waals surface area contributed by atoms with Crippen molar-refractivity contribution in [1.29, 1.82) is 0 Å². The summed E-state index contributed by atoms with van der Waals surface area (Å²) in [6.45, 7) is 11.7. The van der Waals surface area contributed by atoms with Crippen molar-refractivity contribution in [3.8, 4) is 0 Å². The minimum atomic E-state index is 0.831. The first-order valence-electron chi connectivity index (χ1n) is 7.87. The number of rotatable bonds is 10. The van der Waals surface area contributed by atoms with Crippen molar-refractivity contribution in [1.82, 2.24) is 10.2 Å². The number of nitrogens with one attached hydrogen (secondary N) is 1. The van der Waals surface area contributed by atoms with E-state index in [0.717, 1.165) is 45.3 Å². The molecule has 0 unspecified atom stereocenters. The molecule has 0 bridgehead atoms. The zero-order valence-corrected chi connectivity index (χ0v) is 12.4. The Morgan fingerprint density at radius 3 is 2.56 bits per heavy atom. The summed E-state index contributed by atoms with van der Waals surface area (Å²) in [7, 11) is 0. The maximum atomic E-state index is 5.41. The molecule has 3 heteroatoms. The third-order valence-electron chi connectivity index (χ3n) is 3.97. The number of hydrogen-bond donors (Lipinski definition) is 1. The molecule has 0 saturated heterocycles. The van der Waals surface area contributed by atoms with Crippen LogP contribution in [0.3, 0.4) is 0 Å². The topological polar surface area (TPSA) is 24.5 Å². The SMILES string of the molecule is CCOCCN(CC)CCNCC1CCCCC1. The van der Waals surface area contributed by atoms with E-state index < -0.39 is 0 Å². The second-order valence-electron chi connectivity index (χ2n) is 5.34. The lowest BCUT2D eigenvalue weighted by Crippen LogP contribution is -2.36. The highest BCUT2D eigenvalue weighted by Crippen LogP contribution is 2.22. The average Bonchev–Trinajstić information content (AvgIpc) is 2.43. The van der Waals surface area contributed by atoms with Gasteiger partial charge < -0.3 is 15.0 Å². The summed E-state index contributed by atoms with van der Waals surface area (Å²) in [6, 6.07) is 0. The molecule has 18 heavy (non-hydrogen) atoms. The summed E-state index contributed by atoms with van der Waals surface area (Å²) in [4.78, 5) is 2.46. The van der Waals surface area contributed by atoms with Crippen LogP contribution >= 0.6 is 0 Å².